The summed E-state index contributed by atoms with van der Waals surface area (Å²) in [5.74, 6) is -9.49. The van der Waals surface area contributed by atoms with E-state index in [1.54, 1.807) is 4.90 Å². The summed E-state index contributed by atoms with van der Waals surface area (Å²) >= 11 is 0. The van der Waals surface area contributed by atoms with E-state index in [1.165, 1.54) is 6.08 Å². The number of nitrogens with one attached hydrogen (secondary N) is 1. The van der Waals surface area contributed by atoms with Crippen LogP contribution in [0.1, 0.15) is 18.0 Å². The van der Waals surface area contributed by atoms with E-state index in [9.17, 15) is 22.0 Å². The first-order valence-corrected chi connectivity index (χ1v) is 6.56. The number of piperazine rings is 1. The average Bonchev–Trinajstić information content (AvgIpc) is 2.51. The van der Waals surface area contributed by atoms with Gasteiger partial charge in [-0.05, 0) is 6.42 Å². The van der Waals surface area contributed by atoms with Crippen LogP contribution in [-0.2, 0) is 0 Å². The Hall–Kier alpha value is -0.890. The third-order valence-electron chi connectivity index (χ3n) is 3.56. The molecule has 1 aromatic carbocycles. The highest BCUT2D eigenvalue weighted by Gasteiger charge is 2.33. The molecule has 1 aliphatic rings. The second-order valence-electron chi connectivity index (χ2n) is 4.81. The van der Waals surface area contributed by atoms with Crippen molar-refractivity contribution < 1.29 is 22.0 Å². The van der Waals surface area contributed by atoms with E-state index in [4.69, 9.17) is 0 Å². The minimum absolute atomic E-state index is 0. The van der Waals surface area contributed by atoms with Gasteiger partial charge in [0.25, 0.3) is 0 Å². The molecule has 0 aliphatic carbocycles. The number of halogens is 7. The summed E-state index contributed by atoms with van der Waals surface area (Å²) in [6.07, 6.45) is 1.50. The molecule has 1 aromatic rings. The van der Waals surface area contributed by atoms with Crippen LogP contribution in [0.2, 0.25) is 0 Å². The lowest BCUT2D eigenvalue weighted by molar-refractivity contribution is 0.165. The smallest absolute Gasteiger partial charge is 0.200 e. The number of rotatable bonds is 4. The normalized spacial score (nSPS) is 16.2. The molecule has 0 radical (unpaired) electrons. The molecule has 0 unspecified atom stereocenters. The van der Waals surface area contributed by atoms with E-state index in [2.05, 4.69) is 11.9 Å². The fourth-order valence-electron chi connectivity index (χ4n) is 2.52. The zero-order valence-corrected chi connectivity index (χ0v) is 13.7. The molecule has 1 saturated heterocycles. The first kappa shape index (κ1) is 22.1. The Kier molecular flexibility index (Phi) is 9.05. The minimum Gasteiger partial charge on any atom is -0.314 e. The average molecular weight is 379 g/mol. The van der Waals surface area contributed by atoms with Gasteiger partial charge in [0.05, 0.1) is 0 Å². The van der Waals surface area contributed by atoms with Crippen LogP contribution in [-0.4, -0.2) is 31.1 Å². The van der Waals surface area contributed by atoms with Gasteiger partial charge in [-0.1, -0.05) is 6.08 Å². The van der Waals surface area contributed by atoms with Crippen LogP contribution in [0.3, 0.4) is 0 Å². The monoisotopic (exact) mass is 378 g/mol. The molecular formula is C14H17Cl2F5N2. The summed E-state index contributed by atoms with van der Waals surface area (Å²) in [5.41, 5.74) is -0.784. The van der Waals surface area contributed by atoms with Crippen LogP contribution in [0.4, 0.5) is 22.0 Å². The quantitative estimate of drug-likeness (QED) is 0.371. The standard InChI is InChI=1S/C14H15F5N2.2ClH/c1-2-3-8(21-6-4-20-5-7-21)9-10(15)12(17)14(19)13(18)11(9)16;;/h2,8,20H,1,3-7H2;2*1H/t8-;;/m1../s1. The van der Waals surface area contributed by atoms with E-state index in [0.717, 1.165) is 0 Å². The van der Waals surface area contributed by atoms with Gasteiger partial charge < -0.3 is 5.32 Å². The molecule has 9 heteroatoms. The van der Waals surface area contributed by atoms with Crippen molar-refractivity contribution in [3.05, 3.63) is 47.3 Å². The van der Waals surface area contributed by atoms with Gasteiger partial charge in [0.1, 0.15) is 0 Å². The molecule has 0 aromatic heterocycles. The maximum Gasteiger partial charge on any atom is 0.200 e. The first-order chi connectivity index (χ1) is 9.99. The molecule has 0 bridgehead atoms. The number of hydrogen-bond donors (Lipinski definition) is 1. The van der Waals surface area contributed by atoms with Crippen molar-refractivity contribution in [2.24, 2.45) is 0 Å². The molecule has 1 N–H and O–H groups in total. The molecule has 2 rings (SSSR count). The highest BCUT2D eigenvalue weighted by atomic mass is 35.5. The summed E-state index contributed by atoms with van der Waals surface area (Å²) in [7, 11) is 0. The van der Waals surface area contributed by atoms with Gasteiger partial charge >= 0.3 is 0 Å². The Morgan fingerprint density at radius 3 is 1.78 bits per heavy atom. The summed E-state index contributed by atoms with van der Waals surface area (Å²) in [4.78, 5) is 1.69. The van der Waals surface area contributed by atoms with Crippen LogP contribution in [0.25, 0.3) is 0 Å². The minimum atomic E-state index is -2.13. The molecule has 1 heterocycles. The van der Waals surface area contributed by atoms with Gasteiger partial charge in [0.2, 0.25) is 5.82 Å². The molecule has 1 atom stereocenters. The maximum atomic E-state index is 13.9. The van der Waals surface area contributed by atoms with Crippen molar-refractivity contribution in [3.63, 3.8) is 0 Å². The van der Waals surface area contributed by atoms with Crippen molar-refractivity contribution >= 4 is 24.8 Å². The van der Waals surface area contributed by atoms with Crippen molar-refractivity contribution in [2.75, 3.05) is 26.2 Å². The van der Waals surface area contributed by atoms with E-state index in [-0.39, 0.29) is 31.2 Å². The number of hydrogen-bond acceptors (Lipinski definition) is 2. The summed E-state index contributed by atoms with van der Waals surface area (Å²) in [6, 6.07) is -0.922. The second kappa shape index (κ2) is 9.42. The van der Waals surface area contributed by atoms with Crippen LogP contribution in [0.5, 0.6) is 0 Å². The number of nitrogens with zero attached hydrogens (tertiary/aromatic N) is 1. The van der Waals surface area contributed by atoms with Gasteiger partial charge in [-0.15, -0.1) is 31.4 Å². The summed E-state index contributed by atoms with van der Waals surface area (Å²) < 4.78 is 67.7. The molecule has 0 amide bonds. The molecular weight excluding hydrogens is 362 g/mol. The summed E-state index contributed by atoms with van der Waals surface area (Å²) in [5, 5.41) is 3.06. The van der Waals surface area contributed by atoms with Crippen LogP contribution in [0, 0.1) is 29.1 Å². The van der Waals surface area contributed by atoms with Crippen LogP contribution < -0.4 is 5.32 Å². The van der Waals surface area contributed by atoms with Crippen molar-refractivity contribution in [3.8, 4) is 0 Å². The van der Waals surface area contributed by atoms with Gasteiger partial charge in [-0.2, -0.15) is 0 Å². The van der Waals surface area contributed by atoms with Gasteiger partial charge in [0.15, 0.2) is 23.3 Å². The van der Waals surface area contributed by atoms with E-state index in [0.29, 0.717) is 26.2 Å². The Morgan fingerprint density at radius 1 is 0.913 bits per heavy atom. The molecule has 1 aliphatic heterocycles. The fraction of sp³-hybridized carbons (Fsp3) is 0.429. The van der Waals surface area contributed by atoms with Crippen molar-refractivity contribution in [2.45, 2.75) is 12.5 Å². The Bertz CT molecular complexity index is 521. The maximum absolute atomic E-state index is 13.9. The predicted octanol–water partition coefficient (Wildman–Crippen LogP) is 3.75. The van der Waals surface area contributed by atoms with Gasteiger partial charge in [-0.25, -0.2) is 22.0 Å². The zero-order chi connectivity index (χ0) is 15.6. The van der Waals surface area contributed by atoms with Crippen LogP contribution in [0.15, 0.2) is 12.7 Å². The zero-order valence-electron chi connectivity index (χ0n) is 12.1. The van der Waals surface area contributed by atoms with E-state index < -0.39 is 40.7 Å². The lowest BCUT2D eigenvalue weighted by Crippen LogP contribution is -2.45. The lowest BCUT2D eigenvalue weighted by atomic mass is 9.99. The highest BCUT2D eigenvalue weighted by molar-refractivity contribution is 5.85. The largest absolute Gasteiger partial charge is 0.314 e. The third-order valence-corrected chi connectivity index (χ3v) is 3.56. The Morgan fingerprint density at radius 2 is 1.35 bits per heavy atom. The SMILES string of the molecule is C=CC[C@H](c1c(F)c(F)c(F)c(F)c1F)N1CCNCC1.Cl.Cl. The van der Waals surface area contributed by atoms with Gasteiger partial charge in [-0.3, -0.25) is 4.90 Å². The molecule has 23 heavy (non-hydrogen) atoms. The highest BCUT2D eigenvalue weighted by Crippen LogP contribution is 2.33. The fourth-order valence-corrected chi connectivity index (χ4v) is 2.52. The molecule has 0 saturated carbocycles. The van der Waals surface area contributed by atoms with E-state index >= 15 is 0 Å². The molecule has 0 spiro atoms. The lowest BCUT2D eigenvalue weighted by Gasteiger charge is -2.35. The van der Waals surface area contributed by atoms with Crippen molar-refractivity contribution in [1.82, 2.24) is 10.2 Å². The van der Waals surface area contributed by atoms with Crippen molar-refractivity contribution in [1.29, 1.82) is 0 Å². The molecule has 132 valence electrons. The Labute approximate surface area is 143 Å². The van der Waals surface area contributed by atoms with E-state index in [1.807, 2.05) is 0 Å². The van der Waals surface area contributed by atoms with Crippen LogP contribution >= 0.6 is 24.8 Å². The third kappa shape index (κ3) is 4.35. The van der Waals surface area contributed by atoms with Gasteiger partial charge in [0, 0.05) is 37.8 Å². The number of benzene rings is 1. The topological polar surface area (TPSA) is 15.3 Å². The first-order valence-electron chi connectivity index (χ1n) is 6.56. The molecule has 2 nitrogen and oxygen atoms in total. The Balaban J connectivity index is 0.00000242. The predicted molar refractivity (Wildman–Crippen MR) is 82.7 cm³/mol. The second-order valence-corrected chi connectivity index (χ2v) is 4.81. The summed E-state index contributed by atoms with van der Waals surface area (Å²) in [6.45, 7) is 5.58. The molecule has 1 fully saturated rings.